The van der Waals surface area contributed by atoms with Gasteiger partial charge in [-0.25, -0.2) is 0 Å². The maximum Gasteiger partial charge on any atom is 0.137 e. The van der Waals surface area contributed by atoms with E-state index in [1.54, 1.807) is 16.7 Å². The second kappa shape index (κ2) is 10.8. The van der Waals surface area contributed by atoms with E-state index in [0.29, 0.717) is 0 Å². The number of para-hydroxylation sites is 1. The Kier molecular flexibility index (Phi) is 6.04. The monoisotopic (exact) mass is 699 g/mol. The van der Waals surface area contributed by atoms with Gasteiger partial charge >= 0.3 is 0 Å². The minimum Gasteiger partial charge on any atom is -0.456 e. The summed E-state index contributed by atoms with van der Waals surface area (Å²) in [7, 11) is 0. The molecule has 5 saturated carbocycles. The molecule has 264 valence electrons. The molecule has 0 unspecified atom stereocenters. The van der Waals surface area contributed by atoms with Crippen molar-refractivity contribution in [1.29, 1.82) is 0 Å². The van der Waals surface area contributed by atoms with Gasteiger partial charge in [0.15, 0.2) is 0 Å². The van der Waals surface area contributed by atoms with Crippen molar-refractivity contribution in [3.05, 3.63) is 150 Å². The van der Waals surface area contributed by atoms with Crippen molar-refractivity contribution in [3.63, 3.8) is 0 Å². The Morgan fingerprint density at radius 3 is 1.76 bits per heavy atom. The van der Waals surface area contributed by atoms with Gasteiger partial charge in [0.05, 0.1) is 0 Å². The summed E-state index contributed by atoms with van der Waals surface area (Å²) in [6, 6.07) is 49.2. The maximum atomic E-state index is 6.57. The van der Waals surface area contributed by atoms with E-state index in [9.17, 15) is 0 Å². The van der Waals surface area contributed by atoms with Crippen molar-refractivity contribution < 1.29 is 4.42 Å². The summed E-state index contributed by atoms with van der Waals surface area (Å²) in [4.78, 5) is 2.57. The lowest BCUT2D eigenvalue weighted by molar-refractivity contribution is -0.0399. The molecule has 2 heteroatoms. The summed E-state index contributed by atoms with van der Waals surface area (Å²) in [6.07, 6.45) is 13.4. The Morgan fingerprint density at radius 1 is 0.444 bits per heavy atom. The molecule has 0 radical (unpaired) electrons. The topological polar surface area (TPSA) is 16.4 Å². The lowest BCUT2D eigenvalue weighted by Gasteiger charge is -2.61. The first-order valence-electron chi connectivity index (χ1n) is 20.9. The Hall–Kier alpha value is -5.08. The van der Waals surface area contributed by atoms with Crippen LogP contribution in [0.25, 0.3) is 44.2 Å². The van der Waals surface area contributed by atoms with E-state index in [1.807, 2.05) is 0 Å². The van der Waals surface area contributed by atoms with E-state index < -0.39 is 0 Å². The van der Waals surface area contributed by atoms with E-state index in [0.717, 1.165) is 40.5 Å². The average molecular weight is 700 g/mol. The molecule has 7 aromatic rings. The lowest BCUT2D eigenvalue weighted by atomic mass is 9.43. The van der Waals surface area contributed by atoms with Crippen LogP contribution in [0.2, 0.25) is 0 Å². The van der Waals surface area contributed by atoms with Gasteiger partial charge in [-0.1, -0.05) is 98.1 Å². The Balaban J connectivity index is 1.04. The Bertz CT molecular complexity index is 2660. The van der Waals surface area contributed by atoms with Gasteiger partial charge < -0.3 is 9.32 Å². The zero-order valence-electron chi connectivity index (χ0n) is 30.9. The van der Waals surface area contributed by atoms with Crippen molar-refractivity contribution in [2.24, 2.45) is 23.7 Å². The van der Waals surface area contributed by atoms with Crippen LogP contribution >= 0.6 is 0 Å². The number of fused-ring (bicyclic) bond motifs is 11. The quantitative estimate of drug-likeness (QED) is 0.183. The molecule has 5 fully saturated rings. The van der Waals surface area contributed by atoms with Crippen LogP contribution in [0.3, 0.4) is 0 Å². The maximum absolute atomic E-state index is 6.57. The molecule has 2 nitrogen and oxygen atoms in total. The first-order valence-corrected chi connectivity index (χ1v) is 20.9. The molecule has 0 aliphatic heterocycles. The molecular formula is C52H45NO. The first-order chi connectivity index (χ1) is 26.7. The number of rotatable bonds is 3. The van der Waals surface area contributed by atoms with Crippen LogP contribution in [0.15, 0.2) is 132 Å². The summed E-state index contributed by atoms with van der Waals surface area (Å²) in [5, 5.41) is 2.36. The molecular weight excluding hydrogens is 655 g/mol. The molecule has 0 saturated heterocycles. The predicted octanol–water partition coefficient (Wildman–Crippen LogP) is 14.0. The van der Waals surface area contributed by atoms with Gasteiger partial charge in [-0.2, -0.15) is 0 Å². The molecule has 14 rings (SSSR count). The van der Waals surface area contributed by atoms with Crippen LogP contribution in [0.4, 0.5) is 17.1 Å². The third-order valence-corrected chi connectivity index (χ3v) is 15.6. The fraction of sp³-hybridized carbons (Fsp3) is 0.308. The molecule has 6 aromatic carbocycles. The van der Waals surface area contributed by atoms with Gasteiger partial charge in [0, 0.05) is 44.7 Å². The van der Waals surface area contributed by atoms with Crippen molar-refractivity contribution >= 4 is 39.0 Å². The highest BCUT2D eigenvalue weighted by atomic mass is 16.3. The summed E-state index contributed by atoms with van der Waals surface area (Å²) >= 11 is 0. The first kappa shape index (κ1) is 30.3. The van der Waals surface area contributed by atoms with Crippen molar-refractivity contribution in [2.45, 2.75) is 75.0 Å². The molecule has 54 heavy (non-hydrogen) atoms. The molecule has 0 amide bonds. The van der Waals surface area contributed by atoms with Crippen LogP contribution < -0.4 is 4.90 Å². The van der Waals surface area contributed by atoms with Crippen molar-refractivity contribution in [1.82, 2.24) is 0 Å². The summed E-state index contributed by atoms with van der Waals surface area (Å²) in [5.74, 6) is 3.31. The van der Waals surface area contributed by atoms with Gasteiger partial charge in [0.25, 0.3) is 0 Å². The van der Waals surface area contributed by atoms with E-state index in [2.05, 4.69) is 132 Å². The highest BCUT2D eigenvalue weighted by molar-refractivity contribution is 6.06. The smallest absolute Gasteiger partial charge is 0.137 e. The highest BCUT2D eigenvalue weighted by Crippen LogP contribution is 2.69. The molecule has 7 aliphatic carbocycles. The Morgan fingerprint density at radius 2 is 1.00 bits per heavy atom. The number of hydrogen-bond acceptors (Lipinski definition) is 2. The van der Waals surface area contributed by atoms with Crippen LogP contribution in [0.5, 0.6) is 0 Å². The summed E-state index contributed by atoms with van der Waals surface area (Å²) in [5.41, 5.74) is 17.9. The molecule has 7 aliphatic rings. The number of benzene rings is 6. The number of anilines is 3. The van der Waals surface area contributed by atoms with Crippen molar-refractivity contribution in [2.75, 3.05) is 4.90 Å². The Labute approximate surface area is 317 Å². The van der Waals surface area contributed by atoms with Gasteiger partial charge in [-0.15, -0.1) is 0 Å². The minimum atomic E-state index is 0.0958. The van der Waals surface area contributed by atoms with Gasteiger partial charge in [0.2, 0.25) is 0 Å². The summed E-state index contributed by atoms with van der Waals surface area (Å²) < 4.78 is 6.57. The second-order valence-electron chi connectivity index (χ2n) is 18.0. The predicted molar refractivity (Wildman–Crippen MR) is 221 cm³/mol. The van der Waals surface area contributed by atoms with Gasteiger partial charge in [-0.05, 0) is 156 Å². The van der Waals surface area contributed by atoms with Crippen LogP contribution in [-0.4, -0.2) is 0 Å². The van der Waals surface area contributed by atoms with Crippen molar-refractivity contribution in [3.8, 4) is 22.3 Å². The zero-order valence-corrected chi connectivity index (χ0v) is 30.9. The molecule has 0 atom stereocenters. The third kappa shape index (κ3) is 3.82. The highest BCUT2D eigenvalue weighted by Gasteiger charge is 2.61. The molecule has 1 aromatic heterocycles. The van der Waals surface area contributed by atoms with E-state index in [4.69, 9.17) is 4.42 Å². The number of nitrogens with zero attached hydrogens (tertiary/aromatic N) is 1. The molecule has 4 bridgehead atoms. The second-order valence-corrected chi connectivity index (χ2v) is 18.0. The van der Waals surface area contributed by atoms with E-state index in [-0.39, 0.29) is 10.8 Å². The molecule has 1 heterocycles. The van der Waals surface area contributed by atoms with Crippen LogP contribution in [0, 0.1) is 23.7 Å². The standard InChI is InChI=1S/C52H45NO/c1-8-22-51(23-9-1)45-13-5-2-10-39(45)41-19-16-36(29-47(41)51)53(38-18-21-44-43-12-4-7-15-49(43)54-50(44)31-38)37-17-20-42-40-11-3-6-14-46(40)52(48(42)30-37)34-25-32-24-33(27-34)28-35(52)26-32/h2-7,10-21,29-35H,1,8-9,22-28H2. The average Bonchev–Trinajstić information content (AvgIpc) is 3.82. The fourth-order valence-electron chi connectivity index (χ4n) is 13.9. The number of furan rings is 1. The molecule has 0 N–H and O–H groups in total. The SMILES string of the molecule is c1ccc2c(c1)-c1ccc(N(c3ccc4c(c3)C3(c5ccccc5-4)C4CC5CC(C4)CC3C5)c3ccc4c(c3)oc3ccccc34)cc1C21CCCCC1. The summed E-state index contributed by atoms with van der Waals surface area (Å²) in [6.45, 7) is 0. The normalized spacial score (nSPS) is 26.4. The van der Waals surface area contributed by atoms with E-state index >= 15 is 0 Å². The number of hydrogen-bond donors (Lipinski definition) is 0. The zero-order chi connectivity index (χ0) is 35.2. The van der Waals surface area contributed by atoms with Crippen LogP contribution in [-0.2, 0) is 10.8 Å². The minimum absolute atomic E-state index is 0.0958. The third-order valence-electron chi connectivity index (χ3n) is 15.6. The lowest BCUT2D eigenvalue weighted by Crippen LogP contribution is -2.55. The largest absolute Gasteiger partial charge is 0.456 e. The van der Waals surface area contributed by atoms with Gasteiger partial charge in [-0.3, -0.25) is 0 Å². The van der Waals surface area contributed by atoms with Crippen LogP contribution in [0.1, 0.15) is 86.5 Å². The van der Waals surface area contributed by atoms with E-state index in [1.165, 1.54) is 114 Å². The fourth-order valence-corrected chi connectivity index (χ4v) is 13.9. The van der Waals surface area contributed by atoms with Gasteiger partial charge in [0.1, 0.15) is 11.2 Å². The molecule has 2 spiro atoms.